The number of carbonyl (C=O) groups excluding carboxylic acids is 2. The van der Waals surface area contributed by atoms with Gasteiger partial charge in [0.25, 0.3) is 0 Å². The molecule has 0 aliphatic heterocycles. The van der Waals surface area contributed by atoms with Gasteiger partial charge in [0.15, 0.2) is 0 Å². The van der Waals surface area contributed by atoms with Crippen molar-refractivity contribution in [1.29, 1.82) is 0 Å². The Hall–Kier alpha value is -2.29. The first-order valence-corrected chi connectivity index (χ1v) is 14.3. The minimum absolute atomic E-state index is 0.0549. The number of anilines is 1. The molecule has 2 aromatic rings. The molecule has 0 unspecified atom stereocenters. The van der Waals surface area contributed by atoms with Crippen LogP contribution in [-0.2, 0) is 26.2 Å². The third-order valence-corrected chi connectivity index (χ3v) is 7.39. The van der Waals surface area contributed by atoms with Crippen molar-refractivity contribution in [3.8, 4) is 0 Å². The van der Waals surface area contributed by atoms with E-state index in [0.29, 0.717) is 21.3 Å². The van der Waals surface area contributed by atoms with E-state index in [4.69, 9.17) is 23.2 Å². The molecule has 36 heavy (non-hydrogen) atoms. The Morgan fingerprint density at radius 2 is 1.72 bits per heavy atom. The lowest BCUT2D eigenvalue weighted by molar-refractivity contribution is -0.141. The van der Waals surface area contributed by atoms with Gasteiger partial charge in [0.2, 0.25) is 21.8 Å². The minimum Gasteiger partial charge on any atom is -0.350 e. The minimum atomic E-state index is -3.61. The zero-order chi connectivity index (χ0) is 27.3. The summed E-state index contributed by atoms with van der Waals surface area (Å²) in [4.78, 5) is 27.8. The van der Waals surface area contributed by atoms with E-state index in [1.807, 2.05) is 26.8 Å². The molecular formula is C26H35Cl2N3O4S. The van der Waals surface area contributed by atoms with E-state index in [2.05, 4.69) is 5.32 Å². The maximum absolute atomic E-state index is 13.4. The van der Waals surface area contributed by atoms with Crippen molar-refractivity contribution in [1.82, 2.24) is 10.2 Å². The average molecular weight is 557 g/mol. The number of nitrogens with one attached hydrogen (secondary N) is 1. The van der Waals surface area contributed by atoms with Crippen LogP contribution >= 0.6 is 23.2 Å². The van der Waals surface area contributed by atoms with Gasteiger partial charge in [0.1, 0.15) is 6.04 Å². The molecule has 0 spiro atoms. The summed E-state index contributed by atoms with van der Waals surface area (Å²) in [6.45, 7) is 9.35. The number of benzene rings is 2. The molecule has 0 aliphatic rings. The van der Waals surface area contributed by atoms with Gasteiger partial charge in [-0.3, -0.25) is 13.9 Å². The lowest BCUT2D eigenvalue weighted by Crippen LogP contribution is -2.52. The molecule has 7 nitrogen and oxygen atoms in total. The van der Waals surface area contributed by atoms with Gasteiger partial charge in [-0.05, 0) is 76.4 Å². The first kappa shape index (κ1) is 29.9. The number of hydrogen-bond donors (Lipinski definition) is 1. The maximum Gasteiger partial charge on any atom is 0.242 e. The predicted octanol–water partition coefficient (Wildman–Crippen LogP) is 5.18. The number of carbonyl (C=O) groups is 2. The Morgan fingerprint density at radius 1 is 1.08 bits per heavy atom. The van der Waals surface area contributed by atoms with Crippen LogP contribution in [0.25, 0.3) is 0 Å². The molecule has 0 radical (unpaired) electrons. The predicted molar refractivity (Wildman–Crippen MR) is 147 cm³/mol. The highest BCUT2D eigenvalue weighted by atomic mass is 35.5. The number of halogens is 2. The molecule has 198 valence electrons. The van der Waals surface area contributed by atoms with Crippen molar-refractivity contribution in [2.75, 3.05) is 17.1 Å². The molecular weight excluding hydrogens is 521 g/mol. The van der Waals surface area contributed by atoms with Crippen molar-refractivity contribution in [2.24, 2.45) is 0 Å². The number of amides is 2. The van der Waals surface area contributed by atoms with Crippen molar-refractivity contribution >= 4 is 50.7 Å². The van der Waals surface area contributed by atoms with Crippen molar-refractivity contribution in [3.05, 3.63) is 63.6 Å². The summed E-state index contributed by atoms with van der Waals surface area (Å²) in [5, 5.41) is 3.92. The molecule has 1 atom stereocenters. The number of nitrogens with zero attached hydrogens (tertiary/aromatic N) is 2. The van der Waals surface area contributed by atoms with Crippen molar-refractivity contribution < 1.29 is 18.0 Å². The van der Waals surface area contributed by atoms with Gasteiger partial charge >= 0.3 is 0 Å². The summed E-state index contributed by atoms with van der Waals surface area (Å²) >= 11 is 12.3. The second kappa shape index (κ2) is 12.3. The smallest absolute Gasteiger partial charge is 0.242 e. The Labute approximate surface area is 224 Å². The molecule has 0 heterocycles. The normalized spacial score (nSPS) is 12.7. The van der Waals surface area contributed by atoms with Crippen LogP contribution in [0.3, 0.4) is 0 Å². The van der Waals surface area contributed by atoms with Gasteiger partial charge in [-0.15, -0.1) is 0 Å². The summed E-state index contributed by atoms with van der Waals surface area (Å²) in [5.74, 6) is -0.534. The van der Waals surface area contributed by atoms with E-state index in [0.717, 1.165) is 11.8 Å². The summed E-state index contributed by atoms with van der Waals surface area (Å²) in [6.07, 6.45) is 1.44. The van der Waals surface area contributed by atoms with Gasteiger partial charge in [0.05, 0.1) is 11.9 Å². The Bertz CT molecular complexity index is 1200. The van der Waals surface area contributed by atoms with E-state index in [-0.39, 0.29) is 37.7 Å². The molecule has 0 aliphatic carbocycles. The fraction of sp³-hybridized carbons (Fsp3) is 0.462. The van der Waals surface area contributed by atoms with Gasteiger partial charge < -0.3 is 10.2 Å². The summed E-state index contributed by atoms with van der Waals surface area (Å²) in [5.41, 5.74) is 1.46. The van der Waals surface area contributed by atoms with E-state index in [1.165, 1.54) is 9.21 Å². The van der Waals surface area contributed by atoms with Crippen LogP contribution in [0, 0.1) is 6.92 Å². The first-order valence-electron chi connectivity index (χ1n) is 11.7. The number of sulfonamides is 1. The lowest BCUT2D eigenvalue weighted by atomic mass is 10.1. The first-order chi connectivity index (χ1) is 16.6. The lowest BCUT2D eigenvalue weighted by Gasteiger charge is -2.32. The Balaban J connectivity index is 2.23. The van der Waals surface area contributed by atoms with Gasteiger partial charge in [-0.1, -0.05) is 41.4 Å². The summed E-state index contributed by atoms with van der Waals surface area (Å²) in [7, 11) is -3.61. The van der Waals surface area contributed by atoms with Crippen LogP contribution in [0.2, 0.25) is 10.0 Å². The average Bonchev–Trinajstić information content (AvgIpc) is 2.75. The SMILES string of the molecule is Cc1c(Cl)cccc1N(CCCC(=O)N(Cc1cccc(Cl)c1)[C@H](C)C(=O)NC(C)(C)C)S(C)(=O)=O. The zero-order valence-corrected chi connectivity index (χ0v) is 24.0. The van der Waals surface area contributed by atoms with Crippen LogP contribution in [0.1, 0.15) is 51.7 Å². The van der Waals surface area contributed by atoms with Crippen molar-refractivity contribution in [3.63, 3.8) is 0 Å². The Kier molecular flexibility index (Phi) is 10.2. The monoisotopic (exact) mass is 555 g/mol. The number of hydrogen-bond acceptors (Lipinski definition) is 4. The molecule has 0 aromatic heterocycles. The second-order valence-electron chi connectivity index (χ2n) is 9.89. The van der Waals surface area contributed by atoms with E-state index in [1.54, 1.807) is 50.2 Å². The van der Waals surface area contributed by atoms with Crippen LogP contribution in [-0.4, -0.2) is 49.5 Å². The van der Waals surface area contributed by atoms with Crippen LogP contribution in [0.4, 0.5) is 5.69 Å². The fourth-order valence-corrected chi connectivity index (χ4v) is 5.14. The van der Waals surface area contributed by atoms with E-state index < -0.39 is 21.6 Å². The fourth-order valence-electron chi connectivity index (χ4n) is 3.74. The molecule has 0 fully saturated rings. The Morgan fingerprint density at radius 3 is 2.31 bits per heavy atom. The zero-order valence-electron chi connectivity index (χ0n) is 21.6. The van der Waals surface area contributed by atoms with E-state index in [9.17, 15) is 18.0 Å². The number of rotatable bonds is 10. The highest BCUT2D eigenvalue weighted by Crippen LogP contribution is 2.28. The van der Waals surface area contributed by atoms with Crippen LogP contribution < -0.4 is 9.62 Å². The van der Waals surface area contributed by atoms with Crippen LogP contribution in [0.15, 0.2) is 42.5 Å². The van der Waals surface area contributed by atoms with E-state index >= 15 is 0 Å². The molecule has 2 amide bonds. The molecule has 10 heteroatoms. The topological polar surface area (TPSA) is 86.8 Å². The standard InChI is InChI=1S/C26H35Cl2N3O4S/c1-18-22(28)12-8-13-23(18)31(36(6,34)35)15-9-14-24(32)30(17-20-10-7-11-21(27)16-20)19(2)25(33)29-26(3,4)5/h7-8,10-13,16,19H,9,14-15,17H2,1-6H3,(H,29,33)/t19-/m1/s1. The molecule has 1 N–H and O–H groups in total. The maximum atomic E-state index is 13.4. The largest absolute Gasteiger partial charge is 0.350 e. The van der Waals surface area contributed by atoms with Gasteiger partial charge in [-0.25, -0.2) is 8.42 Å². The highest BCUT2D eigenvalue weighted by Gasteiger charge is 2.29. The van der Waals surface area contributed by atoms with Gasteiger partial charge in [-0.2, -0.15) is 0 Å². The summed E-state index contributed by atoms with van der Waals surface area (Å²) < 4.78 is 26.3. The highest BCUT2D eigenvalue weighted by molar-refractivity contribution is 7.92. The molecule has 0 saturated heterocycles. The molecule has 0 saturated carbocycles. The third-order valence-electron chi connectivity index (χ3n) is 5.57. The molecule has 2 rings (SSSR count). The van der Waals surface area contributed by atoms with Crippen molar-refractivity contribution in [2.45, 2.75) is 65.6 Å². The molecule has 2 aromatic carbocycles. The second-order valence-corrected chi connectivity index (χ2v) is 12.6. The van der Waals surface area contributed by atoms with Crippen LogP contribution in [0.5, 0.6) is 0 Å². The summed E-state index contributed by atoms with van der Waals surface area (Å²) in [6, 6.07) is 11.5. The third kappa shape index (κ3) is 8.68. The quantitative estimate of drug-likeness (QED) is 0.437. The van der Waals surface area contributed by atoms with Gasteiger partial charge in [0, 0.05) is 35.1 Å². The molecule has 0 bridgehead atoms.